The first-order valence-corrected chi connectivity index (χ1v) is 12.4. The Balaban J connectivity index is 1.49. The maximum atomic E-state index is 14.8. The summed E-state index contributed by atoms with van der Waals surface area (Å²) in [7, 11) is 0. The van der Waals surface area contributed by atoms with Crippen molar-refractivity contribution in [3.63, 3.8) is 0 Å². The van der Waals surface area contributed by atoms with E-state index in [-0.39, 0.29) is 29.3 Å². The van der Waals surface area contributed by atoms with Gasteiger partial charge in [0.05, 0.1) is 40.1 Å². The lowest BCUT2D eigenvalue weighted by Crippen LogP contribution is -2.42. The number of fused-ring (bicyclic) bond motifs is 5. The van der Waals surface area contributed by atoms with E-state index >= 15 is 0 Å². The van der Waals surface area contributed by atoms with E-state index in [0.29, 0.717) is 64.7 Å². The molecule has 1 amide bonds. The van der Waals surface area contributed by atoms with Crippen LogP contribution in [0.4, 0.5) is 4.39 Å². The van der Waals surface area contributed by atoms with Gasteiger partial charge >= 0.3 is 5.97 Å². The van der Waals surface area contributed by atoms with Gasteiger partial charge in [-0.3, -0.25) is 9.59 Å². The van der Waals surface area contributed by atoms with Crippen LogP contribution in [0.1, 0.15) is 60.0 Å². The summed E-state index contributed by atoms with van der Waals surface area (Å²) in [6.07, 6.45) is 1.59. The fourth-order valence-corrected chi connectivity index (χ4v) is 6.13. The normalized spacial score (nSPS) is 24.2. The predicted molar refractivity (Wildman–Crippen MR) is 128 cm³/mol. The smallest absolute Gasteiger partial charge is 0.342 e. The van der Waals surface area contributed by atoms with E-state index in [1.54, 1.807) is 6.07 Å². The second-order valence-electron chi connectivity index (χ2n) is 10.5. The van der Waals surface area contributed by atoms with Crippen LogP contribution in [0, 0.1) is 5.82 Å². The quantitative estimate of drug-likeness (QED) is 0.342. The zero-order valence-corrected chi connectivity index (χ0v) is 20.4. The highest BCUT2D eigenvalue weighted by molar-refractivity contribution is 6.32. The van der Waals surface area contributed by atoms with Crippen LogP contribution in [0.5, 0.6) is 0 Å². The molecule has 11 heteroatoms. The molecule has 3 N–H and O–H groups in total. The number of aromatic nitrogens is 2. The number of carbonyl (C=O) groups is 2. The van der Waals surface area contributed by atoms with Crippen molar-refractivity contribution >= 4 is 34.4 Å². The van der Waals surface area contributed by atoms with Gasteiger partial charge in [-0.25, -0.2) is 14.2 Å². The van der Waals surface area contributed by atoms with Gasteiger partial charge in [-0.05, 0) is 49.8 Å². The molecule has 2 atom stereocenters. The van der Waals surface area contributed by atoms with Gasteiger partial charge in [-0.15, -0.1) is 0 Å². The standard InChI is InChI=1S/C26H21ClFN3O6/c1-25(35)13-6-17-21-11(8-31(17)22(32)12(13)9-37-24(25)34)19-15(30-23(33)26(36)4-5-26)3-2-10-18(19)16(29-21)7-14(28)20(10)27/h6-7,15,35-36H,2-5,8-9H2,1H3,(H,30,33)/t15-,25-/m0/s1. The van der Waals surface area contributed by atoms with Gasteiger partial charge in [0.25, 0.3) is 11.5 Å². The van der Waals surface area contributed by atoms with Gasteiger partial charge in [-0.2, -0.15) is 0 Å². The van der Waals surface area contributed by atoms with E-state index in [0.717, 1.165) is 0 Å². The summed E-state index contributed by atoms with van der Waals surface area (Å²) in [4.78, 5) is 43.3. The molecule has 0 bridgehead atoms. The molecule has 4 aliphatic rings. The Morgan fingerprint density at radius 3 is 2.73 bits per heavy atom. The molecule has 1 aromatic carbocycles. The maximum Gasteiger partial charge on any atom is 0.342 e. The van der Waals surface area contributed by atoms with Gasteiger partial charge < -0.3 is 24.8 Å². The molecule has 0 saturated heterocycles. The summed E-state index contributed by atoms with van der Waals surface area (Å²) in [5.41, 5.74) is -0.481. The molecule has 0 spiro atoms. The number of aryl methyl sites for hydroxylation is 1. The number of amides is 1. The molecule has 2 aliphatic carbocycles. The van der Waals surface area contributed by atoms with E-state index in [9.17, 15) is 29.0 Å². The molecule has 0 radical (unpaired) electrons. The van der Waals surface area contributed by atoms with Crippen LogP contribution in [-0.2, 0) is 39.5 Å². The Bertz CT molecular complexity index is 1680. The number of aliphatic hydroxyl groups is 2. The van der Waals surface area contributed by atoms with E-state index in [1.165, 1.54) is 17.6 Å². The molecule has 2 aliphatic heterocycles. The minimum Gasteiger partial charge on any atom is -0.458 e. The zero-order chi connectivity index (χ0) is 26.0. The molecule has 1 saturated carbocycles. The highest BCUT2D eigenvalue weighted by atomic mass is 35.5. The number of halogens is 2. The molecule has 190 valence electrons. The van der Waals surface area contributed by atoms with E-state index in [4.69, 9.17) is 21.3 Å². The molecule has 37 heavy (non-hydrogen) atoms. The number of cyclic esters (lactones) is 1. The van der Waals surface area contributed by atoms with Crippen molar-refractivity contribution in [2.45, 2.75) is 63.0 Å². The average Bonchev–Trinajstić information content (AvgIpc) is 3.51. The Labute approximate surface area is 213 Å². The number of rotatable bonds is 2. The van der Waals surface area contributed by atoms with Crippen LogP contribution in [0.25, 0.3) is 22.3 Å². The van der Waals surface area contributed by atoms with Crippen molar-refractivity contribution < 1.29 is 28.9 Å². The van der Waals surface area contributed by atoms with Crippen LogP contribution in [-0.4, -0.2) is 37.2 Å². The summed E-state index contributed by atoms with van der Waals surface area (Å²) < 4.78 is 21.3. The van der Waals surface area contributed by atoms with Gasteiger partial charge in [0.15, 0.2) is 5.60 Å². The largest absolute Gasteiger partial charge is 0.458 e. The second-order valence-corrected chi connectivity index (χ2v) is 10.8. The number of carbonyl (C=O) groups excluding carboxylic acids is 2. The first-order chi connectivity index (χ1) is 17.5. The minimum absolute atomic E-state index is 0.00375. The molecule has 7 rings (SSSR count). The summed E-state index contributed by atoms with van der Waals surface area (Å²) in [6, 6.07) is 2.28. The molecule has 9 nitrogen and oxygen atoms in total. The highest BCUT2D eigenvalue weighted by Crippen LogP contribution is 2.47. The molecule has 2 aromatic heterocycles. The van der Waals surface area contributed by atoms with Crippen molar-refractivity contribution in [1.82, 2.24) is 14.9 Å². The lowest BCUT2D eigenvalue weighted by atomic mass is 9.83. The summed E-state index contributed by atoms with van der Waals surface area (Å²) >= 11 is 6.35. The summed E-state index contributed by atoms with van der Waals surface area (Å²) in [5, 5.41) is 24.8. The Morgan fingerprint density at radius 2 is 2.00 bits per heavy atom. The predicted octanol–water partition coefficient (Wildman–Crippen LogP) is 2.11. The average molecular weight is 526 g/mol. The monoisotopic (exact) mass is 525 g/mol. The molecule has 3 aromatic rings. The second kappa shape index (κ2) is 7.15. The minimum atomic E-state index is -2.01. The number of nitrogens with one attached hydrogen (secondary N) is 1. The Morgan fingerprint density at radius 1 is 1.24 bits per heavy atom. The van der Waals surface area contributed by atoms with Crippen LogP contribution in [0.2, 0.25) is 5.02 Å². The number of hydrogen-bond acceptors (Lipinski definition) is 7. The number of ether oxygens (including phenoxy) is 1. The Kier molecular flexibility index (Phi) is 4.41. The van der Waals surface area contributed by atoms with Gasteiger partial charge in [-0.1, -0.05) is 11.6 Å². The summed E-state index contributed by atoms with van der Waals surface area (Å²) in [6.45, 7) is 1.13. The number of esters is 1. The van der Waals surface area contributed by atoms with Crippen LogP contribution in [0.15, 0.2) is 16.9 Å². The third kappa shape index (κ3) is 2.97. The maximum absolute atomic E-state index is 14.8. The van der Waals surface area contributed by atoms with Crippen molar-refractivity contribution in [3.05, 3.63) is 61.1 Å². The Hall–Kier alpha value is -3.34. The van der Waals surface area contributed by atoms with Crippen molar-refractivity contribution in [3.8, 4) is 11.4 Å². The van der Waals surface area contributed by atoms with Crippen molar-refractivity contribution in [1.29, 1.82) is 0 Å². The summed E-state index contributed by atoms with van der Waals surface area (Å²) in [5.74, 6) is -1.95. The highest BCUT2D eigenvalue weighted by Gasteiger charge is 2.49. The lowest BCUT2D eigenvalue weighted by Gasteiger charge is -2.30. The van der Waals surface area contributed by atoms with Gasteiger partial charge in [0.1, 0.15) is 18.0 Å². The number of pyridine rings is 2. The van der Waals surface area contributed by atoms with Crippen LogP contribution in [0.3, 0.4) is 0 Å². The number of benzene rings is 1. The SMILES string of the molecule is C[C@@]1(O)C(=O)OCc2c1cc1n(c2=O)Cc2c-1nc1cc(F)c(Cl)c3c1c2[C@@H](NC(=O)C1(O)CC1)CC3. The molecule has 0 unspecified atom stereocenters. The molecular formula is C26H21ClFN3O6. The third-order valence-corrected chi connectivity index (χ3v) is 8.53. The first-order valence-electron chi connectivity index (χ1n) is 12.0. The molecular weight excluding hydrogens is 505 g/mol. The van der Waals surface area contributed by atoms with E-state index < -0.39 is 40.5 Å². The van der Waals surface area contributed by atoms with Crippen LogP contribution < -0.4 is 10.9 Å². The lowest BCUT2D eigenvalue weighted by molar-refractivity contribution is -0.169. The topological polar surface area (TPSA) is 131 Å². The van der Waals surface area contributed by atoms with E-state index in [2.05, 4.69) is 5.32 Å². The first kappa shape index (κ1) is 22.8. The van der Waals surface area contributed by atoms with Gasteiger partial charge in [0, 0.05) is 22.6 Å². The van der Waals surface area contributed by atoms with E-state index in [1.807, 2.05) is 0 Å². The number of hydrogen-bond donors (Lipinski definition) is 3. The molecule has 4 heterocycles. The van der Waals surface area contributed by atoms with Crippen molar-refractivity contribution in [2.75, 3.05) is 0 Å². The number of nitrogens with zero attached hydrogens (tertiary/aromatic N) is 2. The third-order valence-electron chi connectivity index (χ3n) is 8.12. The zero-order valence-electron chi connectivity index (χ0n) is 19.7. The van der Waals surface area contributed by atoms with Gasteiger partial charge in [0.2, 0.25) is 0 Å². The fraction of sp³-hybridized carbons (Fsp3) is 0.385. The fourth-order valence-electron chi connectivity index (χ4n) is 5.89. The molecule has 1 fully saturated rings. The van der Waals surface area contributed by atoms with Crippen LogP contribution >= 0.6 is 11.6 Å². The van der Waals surface area contributed by atoms with Crippen molar-refractivity contribution in [2.24, 2.45) is 0 Å².